The van der Waals surface area contributed by atoms with Crippen molar-refractivity contribution >= 4 is 33.2 Å². The monoisotopic (exact) mass is 454 g/mol. The number of carbonyl (C=O) groups is 1. The predicted molar refractivity (Wildman–Crippen MR) is 110 cm³/mol. The number of amides is 1. The molecule has 1 aromatic heterocycles. The van der Waals surface area contributed by atoms with Crippen LogP contribution in [0.2, 0.25) is 0 Å². The molecule has 0 aromatic carbocycles. The van der Waals surface area contributed by atoms with Crippen molar-refractivity contribution in [2.75, 3.05) is 35.3 Å². The molecule has 3 heterocycles. The van der Waals surface area contributed by atoms with Gasteiger partial charge in [-0.3, -0.25) is 4.79 Å². The molecule has 1 saturated heterocycles. The molecule has 2 aliphatic heterocycles. The van der Waals surface area contributed by atoms with Crippen molar-refractivity contribution in [1.29, 1.82) is 0 Å². The van der Waals surface area contributed by atoms with E-state index in [4.69, 9.17) is 0 Å². The molecule has 0 bridgehead atoms. The highest BCUT2D eigenvalue weighted by molar-refractivity contribution is 7.94. The Bertz CT molecular complexity index is 1090. The quantitative estimate of drug-likeness (QED) is 0.744. The minimum absolute atomic E-state index is 0.169. The Balaban J connectivity index is 1.38. The molecule has 2 fully saturated rings. The number of allylic oxidation sites excluding steroid dienone is 1. The number of halogens is 2. The normalized spacial score (nSPS) is 30.8. The highest BCUT2D eigenvalue weighted by Crippen LogP contribution is 2.51. The highest BCUT2D eigenvalue weighted by Gasteiger charge is 2.59. The van der Waals surface area contributed by atoms with Gasteiger partial charge in [0.15, 0.2) is 5.82 Å². The number of pyridine rings is 1. The van der Waals surface area contributed by atoms with Gasteiger partial charge in [-0.1, -0.05) is 6.08 Å². The predicted octanol–water partition coefficient (Wildman–Crippen LogP) is 1.48. The highest BCUT2D eigenvalue weighted by atomic mass is 32.2. The number of rotatable bonds is 4. The number of alkyl halides is 2. The van der Waals surface area contributed by atoms with E-state index in [1.54, 1.807) is 17.0 Å². The molecular formula is C20H24F2N4O4S. The van der Waals surface area contributed by atoms with E-state index in [0.29, 0.717) is 30.9 Å². The van der Waals surface area contributed by atoms with Gasteiger partial charge in [0, 0.05) is 39.0 Å². The lowest BCUT2D eigenvalue weighted by atomic mass is 9.99. The fourth-order valence-corrected chi connectivity index (χ4v) is 6.24. The summed E-state index contributed by atoms with van der Waals surface area (Å²) in [6, 6.07) is 3.37. The fraction of sp³-hybridized carbons (Fsp3) is 0.600. The summed E-state index contributed by atoms with van der Waals surface area (Å²) in [4.78, 5) is 18.3. The molecule has 0 spiro atoms. The second kappa shape index (κ2) is 6.61. The van der Waals surface area contributed by atoms with E-state index >= 15 is 0 Å². The fourth-order valence-electron chi connectivity index (χ4n) is 4.83. The Kier molecular flexibility index (Phi) is 4.40. The molecule has 0 radical (unpaired) electrons. The zero-order valence-corrected chi connectivity index (χ0v) is 18.0. The van der Waals surface area contributed by atoms with E-state index in [1.807, 2.05) is 0 Å². The number of carbonyl (C=O) groups excluding carboxylic acids is 1. The van der Waals surface area contributed by atoms with Crippen LogP contribution in [-0.4, -0.2) is 68.0 Å². The Hall–Kier alpha value is -2.27. The number of aliphatic hydroxyl groups is 1. The zero-order valence-electron chi connectivity index (χ0n) is 17.2. The van der Waals surface area contributed by atoms with Crippen molar-refractivity contribution in [2.24, 2.45) is 17.8 Å². The molecule has 31 heavy (non-hydrogen) atoms. The maximum atomic E-state index is 13.4. The molecule has 1 aromatic rings. The minimum Gasteiger partial charge on any atom is -0.384 e. The molecule has 1 N–H and O–H groups in total. The van der Waals surface area contributed by atoms with E-state index in [9.17, 15) is 27.1 Å². The molecule has 168 valence electrons. The first-order valence-electron chi connectivity index (χ1n) is 10.3. The van der Waals surface area contributed by atoms with Gasteiger partial charge in [-0.15, -0.1) is 0 Å². The lowest BCUT2D eigenvalue weighted by Crippen LogP contribution is -2.37. The Morgan fingerprint density at radius 2 is 2.06 bits per heavy atom. The van der Waals surface area contributed by atoms with Crippen LogP contribution in [0.15, 0.2) is 18.2 Å². The van der Waals surface area contributed by atoms with Gasteiger partial charge in [-0.05, 0) is 42.9 Å². The molecule has 2 aliphatic carbocycles. The second-order valence-electron chi connectivity index (χ2n) is 8.95. The summed E-state index contributed by atoms with van der Waals surface area (Å²) < 4.78 is 54.4. The van der Waals surface area contributed by atoms with Crippen LogP contribution in [0.3, 0.4) is 0 Å². The van der Waals surface area contributed by atoms with Crippen LogP contribution in [0.25, 0.3) is 5.57 Å². The number of anilines is 2. The zero-order chi connectivity index (χ0) is 22.3. The maximum Gasteiger partial charge on any atom is 0.327 e. The SMILES string of the molecule is C[C@H](O)C(=O)N1CC2C=C(c3ccc4c(n3)N(C)S(=O)(=O)N4CC3CC3(F)F)CC2C1. The van der Waals surface area contributed by atoms with Crippen LogP contribution in [0.4, 0.5) is 20.3 Å². The summed E-state index contributed by atoms with van der Waals surface area (Å²) in [7, 11) is -2.54. The molecule has 4 aliphatic rings. The Morgan fingerprint density at radius 3 is 2.68 bits per heavy atom. The van der Waals surface area contributed by atoms with Gasteiger partial charge in [-0.2, -0.15) is 8.42 Å². The molecule has 11 heteroatoms. The van der Waals surface area contributed by atoms with Gasteiger partial charge in [0.05, 0.1) is 11.4 Å². The molecule has 5 rings (SSSR count). The summed E-state index contributed by atoms with van der Waals surface area (Å²) in [5.74, 6) is -3.39. The van der Waals surface area contributed by atoms with Crippen LogP contribution in [0.5, 0.6) is 0 Å². The first kappa shape index (κ1) is 20.6. The molecule has 1 saturated carbocycles. The van der Waals surface area contributed by atoms with Crippen molar-refractivity contribution in [3.63, 3.8) is 0 Å². The number of hydrogen-bond acceptors (Lipinski definition) is 5. The average Bonchev–Trinajstić information content (AvgIpc) is 3.01. The van der Waals surface area contributed by atoms with Crippen molar-refractivity contribution in [1.82, 2.24) is 9.88 Å². The summed E-state index contributed by atoms with van der Waals surface area (Å²) >= 11 is 0. The summed E-state index contributed by atoms with van der Waals surface area (Å²) in [5, 5.41) is 9.52. The molecular weight excluding hydrogens is 430 g/mol. The smallest absolute Gasteiger partial charge is 0.327 e. The first-order chi connectivity index (χ1) is 14.5. The number of aromatic nitrogens is 1. The van der Waals surface area contributed by atoms with E-state index < -0.39 is 28.2 Å². The van der Waals surface area contributed by atoms with Gasteiger partial charge in [0.25, 0.3) is 11.8 Å². The number of aliphatic hydroxyl groups excluding tert-OH is 1. The number of hydrogen-bond donors (Lipinski definition) is 1. The summed E-state index contributed by atoms with van der Waals surface area (Å²) in [6.07, 6.45) is 1.46. The number of likely N-dealkylation sites (tertiary alicyclic amines) is 1. The van der Waals surface area contributed by atoms with Crippen LogP contribution in [0, 0.1) is 17.8 Å². The largest absolute Gasteiger partial charge is 0.384 e. The molecule has 3 unspecified atom stereocenters. The minimum atomic E-state index is -3.93. The third kappa shape index (κ3) is 3.20. The topological polar surface area (TPSA) is 94.0 Å². The van der Waals surface area contributed by atoms with Gasteiger partial charge < -0.3 is 10.0 Å². The Labute approximate surface area is 179 Å². The molecule has 1 amide bonds. The number of nitrogens with zero attached hydrogens (tertiary/aromatic N) is 4. The third-order valence-electron chi connectivity index (χ3n) is 6.78. The average molecular weight is 454 g/mol. The van der Waals surface area contributed by atoms with Crippen molar-refractivity contribution < 1.29 is 27.1 Å². The van der Waals surface area contributed by atoms with Crippen LogP contribution < -0.4 is 8.61 Å². The van der Waals surface area contributed by atoms with E-state index in [-0.39, 0.29) is 36.5 Å². The van der Waals surface area contributed by atoms with Crippen LogP contribution in [-0.2, 0) is 15.0 Å². The maximum absolute atomic E-state index is 13.4. The lowest BCUT2D eigenvalue weighted by molar-refractivity contribution is -0.138. The molecule has 8 nitrogen and oxygen atoms in total. The van der Waals surface area contributed by atoms with Gasteiger partial charge >= 0.3 is 10.2 Å². The standard InChI is InChI=1S/C20H24F2N4O4S/c1-11(27)19(28)25-8-13-5-12(6-14(13)9-25)16-3-4-17-18(23-16)24(2)31(29,30)26(17)10-15-7-20(15,21)22/h3-5,11,13-15,27H,6-10H2,1-2H3/t11-,13?,14?,15?/m0/s1. The lowest BCUT2D eigenvalue weighted by Gasteiger charge is -2.19. The van der Waals surface area contributed by atoms with Crippen LogP contribution >= 0.6 is 0 Å². The summed E-state index contributed by atoms with van der Waals surface area (Å²) in [5.41, 5.74) is 1.96. The Morgan fingerprint density at radius 1 is 1.35 bits per heavy atom. The molecule has 4 atom stereocenters. The second-order valence-corrected chi connectivity index (χ2v) is 10.8. The van der Waals surface area contributed by atoms with Gasteiger partial charge in [0.1, 0.15) is 6.10 Å². The van der Waals surface area contributed by atoms with Crippen LogP contribution in [0.1, 0.15) is 25.5 Å². The van der Waals surface area contributed by atoms with E-state index in [0.717, 1.165) is 14.2 Å². The first-order valence-corrected chi connectivity index (χ1v) is 11.7. The van der Waals surface area contributed by atoms with Crippen molar-refractivity contribution in [3.8, 4) is 0 Å². The van der Waals surface area contributed by atoms with Gasteiger partial charge in [0.2, 0.25) is 0 Å². The van der Waals surface area contributed by atoms with E-state index in [1.165, 1.54) is 14.0 Å². The third-order valence-corrected chi connectivity index (χ3v) is 8.54. The number of fused-ring (bicyclic) bond motifs is 2. The van der Waals surface area contributed by atoms with Gasteiger partial charge in [-0.25, -0.2) is 22.4 Å². The van der Waals surface area contributed by atoms with Crippen molar-refractivity contribution in [2.45, 2.75) is 31.8 Å². The summed E-state index contributed by atoms with van der Waals surface area (Å²) in [6.45, 7) is 2.32. The van der Waals surface area contributed by atoms with E-state index in [2.05, 4.69) is 11.1 Å². The van der Waals surface area contributed by atoms with Crippen molar-refractivity contribution in [3.05, 3.63) is 23.9 Å².